The normalized spacial score (nSPS) is 15.6. The van der Waals surface area contributed by atoms with Crippen molar-refractivity contribution in [3.8, 4) is 5.75 Å². The molecule has 4 aromatic rings. The first-order valence-corrected chi connectivity index (χ1v) is 11.6. The lowest BCUT2D eigenvalue weighted by molar-refractivity contribution is -0.130. The van der Waals surface area contributed by atoms with E-state index in [9.17, 15) is 14.7 Å². The number of hydrogen-bond donors (Lipinski definition) is 1. The minimum atomic E-state index is -0.825. The predicted molar refractivity (Wildman–Crippen MR) is 134 cm³/mol. The summed E-state index contributed by atoms with van der Waals surface area (Å²) in [5.41, 5.74) is 2.16. The van der Waals surface area contributed by atoms with Gasteiger partial charge in [-0.2, -0.15) is 0 Å². The Balaban J connectivity index is 1.50. The van der Waals surface area contributed by atoms with E-state index in [1.807, 2.05) is 54.6 Å². The van der Waals surface area contributed by atoms with Crippen LogP contribution in [0.25, 0.3) is 11.0 Å². The number of hydrogen-bond acceptors (Lipinski definition) is 6. The Morgan fingerprint density at radius 1 is 1.00 bits per heavy atom. The Bertz CT molecular complexity index is 1410. The third-order valence-corrected chi connectivity index (χ3v) is 6.16. The lowest BCUT2D eigenvalue weighted by Crippen LogP contribution is -2.34. The minimum absolute atomic E-state index is 0.0321. The van der Waals surface area contributed by atoms with Gasteiger partial charge in [0.25, 0.3) is 5.91 Å². The fraction of sp³-hybridized carbons (Fsp3) is 0.172. The van der Waals surface area contributed by atoms with Crippen molar-refractivity contribution in [2.45, 2.75) is 12.6 Å². The van der Waals surface area contributed by atoms with E-state index in [4.69, 9.17) is 13.9 Å². The number of amides is 1. The first-order valence-electron chi connectivity index (χ1n) is 11.6. The number of fused-ring (bicyclic) bond motifs is 1. The van der Waals surface area contributed by atoms with Gasteiger partial charge in [-0.05, 0) is 35.4 Å². The zero-order valence-electron chi connectivity index (χ0n) is 19.7. The fourth-order valence-electron chi connectivity index (χ4n) is 4.39. The van der Waals surface area contributed by atoms with Crippen molar-refractivity contribution in [3.63, 3.8) is 0 Å². The van der Waals surface area contributed by atoms with E-state index in [1.165, 1.54) is 12.0 Å². The smallest absolute Gasteiger partial charge is 0.290 e. The molecule has 1 aromatic heterocycles. The molecule has 1 N–H and O–H groups in total. The van der Waals surface area contributed by atoms with Crippen LogP contribution in [-0.2, 0) is 16.1 Å². The zero-order valence-corrected chi connectivity index (χ0v) is 19.7. The molecule has 0 radical (unpaired) electrons. The molecule has 182 valence electrons. The number of para-hydroxylation sites is 1. The van der Waals surface area contributed by atoms with Gasteiger partial charge in [-0.3, -0.25) is 9.59 Å². The molecule has 0 fully saturated rings. The van der Waals surface area contributed by atoms with Gasteiger partial charge in [0.05, 0.1) is 18.2 Å². The van der Waals surface area contributed by atoms with Crippen molar-refractivity contribution in [3.05, 3.63) is 113 Å². The highest BCUT2D eigenvalue weighted by Crippen LogP contribution is 2.40. The highest BCUT2D eigenvalue weighted by molar-refractivity contribution is 6.16. The van der Waals surface area contributed by atoms with Crippen LogP contribution in [0.15, 0.2) is 101 Å². The van der Waals surface area contributed by atoms with E-state index in [-0.39, 0.29) is 24.5 Å². The van der Waals surface area contributed by atoms with Crippen LogP contribution in [0.2, 0.25) is 0 Å². The van der Waals surface area contributed by atoms with Gasteiger partial charge in [-0.15, -0.1) is 0 Å². The average Bonchev–Trinajstić information content (AvgIpc) is 3.46. The number of furan rings is 1. The number of methoxy groups -OCH3 is 1. The number of benzene rings is 3. The van der Waals surface area contributed by atoms with Crippen LogP contribution in [0.5, 0.6) is 5.75 Å². The molecule has 5 rings (SSSR count). The Kier molecular flexibility index (Phi) is 6.56. The molecular weight excluding hydrogens is 458 g/mol. The standard InChI is InChI=1S/C29H25NO6/c1-34-15-14-30-26(21-11-7-12-22(16-21)35-18-19-8-3-2-4-9-19)25(28(32)29(30)33)27(31)24-17-20-10-5-6-13-23(20)36-24/h2-13,16-17,26,32H,14-15,18H2,1H3. The van der Waals surface area contributed by atoms with Crippen molar-refractivity contribution < 1.29 is 28.6 Å². The first kappa shape index (κ1) is 23.4. The lowest BCUT2D eigenvalue weighted by Gasteiger charge is -2.26. The minimum Gasteiger partial charge on any atom is -0.503 e. The molecule has 7 nitrogen and oxygen atoms in total. The number of Topliss-reactive ketones (excluding diaryl/α,β-unsaturated/α-hetero) is 1. The van der Waals surface area contributed by atoms with Crippen molar-refractivity contribution in [2.75, 3.05) is 20.3 Å². The monoisotopic (exact) mass is 483 g/mol. The Hall–Kier alpha value is -4.36. The maximum atomic E-state index is 13.6. The third kappa shape index (κ3) is 4.48. The Morgan fingerprint density at radius 2 is 1.78 bits per heavy atom. The summed E-state index contributed by atoms with van der Waals surface area (Å²) in [5, 5.41) is 11.6. The predicted octanol–water partition coefficient (Wildman–Crippen LogP) is 5.24. The van der Waals surface area contributed by atoms with E-state index >= 15 is 0 Å². The van der Waals surface area contributed by atoms with Gasteiger partial charge in [0.2, 0.25) is 5.78 Å². The van der Waals surface area contributed by atoms with Gasteiger partial charge in [0.15, 0.2) is 11.5 Å². The Morgan fingerprint density at radius 3 is 2.56 bits per heavy atom. The molecule has 3 aromatic carbocycles. The number of aliphatic hydroxyl groups is 1. The Labute approximate surface area is 208 Å². The average molecular weight is 484 g/mol. The van der Waals surface area contributed by atoms with Crippen LogP contribution in [0.1, 0.15) is 27.7 Å². The zero-order chi connectivity index (χ0) is 25.1. The van der Waals surface area contributed by atoms with E-state index < -0.39 is 23.5 Å². The lowest BCUT2D eigenvalue weighted by atomic mass is 9.95. The van der Waals surface area contributed by atoms with Crippen molar-refractivity contribution in [2.24, 2.45) is 0 Å². The summed E-state index contributed by atoms with van der Waals surface area (Å²) in [5.74, 6) is -1.13. The molecule has 0 saturated heterocycles. The van der Waals surface area contributed by atoms with Crippen molar-refractivity contribution >= 4 is 22.7 Å². The van der Waals surface area contributed by atoms with Crippen LogP contribution in [0.4, 0.5) is 0 Å². The van der Waals surface area contributed by atoms with Gasteiger partial charge in [0.1, 0.15) is 17.9 Å². The van der Waals surface area contributed by atoms with Crippen LogP contribution in [-0.4, -0.2) is 42.0 Å². The second-order valence-corrected chi connectivity index (χ2v) is 8.48. The van der Waals surface area contributed by atoms with Crippen molar-refractivity contribution in [1.82, 2.24) is 4.90 Å². The third-order valence-electron chi connectivity index (χ3n) is 6.16. The SMILES string of the molecule is COCCN1C(=O)C(O)=C(C(=O)c2cc3ccccc3o2)C1c1cccc(OCc2ccccc2)c1. The molecule has 0 spiro atoms. The maximum absolute atomic E-state index is 13.6. The second-order valence-electron chi connectivity index (χ2n) is 8.48. The fourth-order valence-corrected chi connectivity index (χ4v) is 4.39. The topological polar surface area (TPSA) is 89.2 Å². The molecule has 2 heterocycles. The quantitative estimate of drug-likeness (QED) is 0.328. The van der Waals surface area contributed by atoms with Gasteiger partial charge < -0.3 is 23.9 Å². The molecule has 1 unspecified atom stereocenters. The number of carbonyl (C=O) groups is 2. The van der Waals surface area contributed by atoms with E-state index in [0.29, 0.717) is 23.5 Å². The number of ether oxygens (including phenoxy) is 2. The highest BCUT2D eigenvalue weighted by Gasteiger charge is 2.44. The molecule has 0 saturated carbocycles. The van der Waals surface area contributed by atoms with E-state index in [0.717, 1.165) is 10.9 Å². The number of carbonyl (C=O) groups excluding carboxylic acids is 2. The molecular formula is C29H25NO6. The largest absolute Gasteiger partial charge is 0.503 e. The van der Waals surface area contributed by atoms with Gasteiger partial charge >= 0.3 is 0 Å². The summed E-state index contributed by atoms with van der Waals surface area (Å²) in [6.07, 6.45) is 0. The maximum Gasteiger partial charge on any atom is 0.290 e. The number of aliphatic hydroxyl groups excluding tert-OH is 1. The van der Waals surface area contributed by atoms with Crippen LogP contribution >= 0.6 is 0 Å². The molecule has 0 bridgehead atoms. The summed E-state index contributed by atoms with van der Waals surface area (Å²) < 4.78 is 16.9. The summed E-state index contributed by atoms with van der Waals surface area (Å²) in [6.45, 7) is 0.801. The highest BCUT2D eigenvalue weighted by atomic mass is 16.5. The number of nitrogens with zero attached hydrogens (tertiary/aromatic N) is 1. The summed E-state index contributed by atoms with van der Waals surface area (Å²) in [4.78, 5) is 28.1. The molecule has 1 aliphatic rings. The van der Waals surface area contributed by atoms with Gasteiger partial charge in [0, 0.05) is 19.0 Å². The first-order chi connectivity index (χ1) is 17.6. The molecule has 1 amide bonds. The van der Waals surface area contributed by atoms with Crippen molar-refractivity contribution in [1.29, 1.82) is 0 Å². The molecule has 7 heteroatoms. The molecule has 36 heavy (non-hydrogen) atoms. The van der Waals surface area contributed by atoms with Gasteiger partial charge in [-0.1, -0.05) is 60.7 Å². The van der Waals surface area contributed by atoms with E-state index in [1.54, 1.807) is 30.3 Å². The number of rotatable bonds is 9. The molecule has 1 aliphatic heterocycles. The number of ketones is 1. The van der Waals surface area contributed by atoms with Crippen LogP contribution < -0.4 is 4.74 Å². The van der Waals surface area contributed by atoms with Gasteiger partial charge in [-0.25, -0.2) is 0 Å². The molecule has 0 aliphatic carbocycles. The second kappa shape index (κ2) is 10.1. The van der Waals surface area contributed by atoms with Crippen LogP contribution in [0.3, 0.4) is 0 Å². The summed E-state index contributed by atoms with van der Waals surface area (Å²) >= 11 is 0. The molecule has 1 atom stereocenters. The summed E-state index contributed by atoms with van der Waals surface area (Å²) in [7, 11) is 1.53. The van der Waals surface area contributed by atoms with E-state index in [2.05, 4.69) is 0 Å². The van der Waals surface area contributed by atoms with Crippen LogP contribution in [0, 0.1) is 0 Å². The summed E-state index contributed by atoms with van der Waals surface area (Å²) in [6, 6.07) is 25.0.